The number of hydrogen-bond donors (Lipinski definition) is 1. The van der Waals surface area contributed by atoms with Gasteiger partial charge in [-0.25, -0.2) is 8.42 Å². The molecule has 12 heteroatoms. The molecular formula is C28H31BrN4O6S. The number of carbonyl (C=O) groups is 2. The van der Waals surface area contributed by atoms with Gasteiger partial charge in [0.05, 0.1) is 15.5 Å². The van der Waals surface area contributed by atoms with Crippen LogP contribution in [0.3, 0.4) is 0 Å². The van der Waals surface area contributed by atoms with Crippen LogP contribution < -0.4 is 9.62 Å². The molecule has 212 valence electrons. The molecule has 1 atom stereocenters. The lowest BCUT2D eigenvalue weighted by Gasteiger charge is -2.32. The van der Waals surface area contributed by atoms with Gasteiger partial charge in [-0.2, -0.15) is 0 Å². The first kappa shape index (κ1) is 30.8. The highest BCUT2D eigenvalue weighted by Gasteiger charge is 2.33. The van der Waals surface area contributed by atoms with E-state index in [2.05, 4.69) is 21.2 Å². The van der Waals surface area contributed by atoms with Crippen LogP contribution in [0.4, 0.5) is 11.4 Å². The van der Waals surface area contributed by atoms with Crippen molar-refractivity contribution in [1.82, 2.24) is 10.2 Å². The zero-order valence-corrected chi connectivity index (χ0v) is 24.8. The molecule has 1 N–H and O–H groups in total. The molecule has 3 aromatic rings. The second-order valence-electron chi connectivity index (χ2n) is 9.56. The van der Waals surface area contributed by atoms with E-state index >= 15 is 0 Å². The number of nitro groups is 1. The molecule has 0 radical (unpaired) electrons. The second-order valence-corrected chi connectivity index (χ2v) is 12.3. The number of non-ortho nitro benzene ring substituents is 1. The van der Waals surface area contributed by atoms with Crippen LogP contribution in [0.5, 0.6) is 0 Å². The highest BCUT2D eigenvalue weighted by atomic mass is 79.9. The lowest BCUT2D eigenvalue weighted by atomic mass is 10.1. The Balaban J connectivity index is 2.04. The van der Waals surface area contributed by atoms with E-state index in [1.807, 2.05) is 13.8 Å². The number of hydrogen-bond acceptors (Lipinski definition) is 6. The molecule has 0 saturated heterocycles. The van der Waals surface area contributed by atoms with E-state index in [9.17, 15) is 28.1 Å². The first-order valence-corrected chi connectivity index (χ1v) is 14.8. The van der Waals surface area contributed by atoms with Crippen LogP contribution in [0, 0.1) is 16.0 Å². The molecule has 0 fully saturated rings. The fourth-order valence-corrected chi connectivity index (χ4v) is 5.52. The summed E-state index contributed by atoms with van der Waals surface area (Å²) in [6, 6.07) is 18.8. The Hall–Kier alpha value is -3.77. The number of benzene rings is 3. The Bertz CT molecular complexity index is 1450. The number of halogens is 1. The largest absolute Gasteiger partial charge is 0.354 e. The van der Waals surface area contributed by atoms with Gasteiger partial charge in [0.1, 0.15) is 12.6 Å². The van der Waals surface area contributed by atoms with Crippen LogP contribution >= 0.6 is 15.9 Å². The first-order valence-electron chi connectivity index (χ1n) is 12.5. The van der Waals surface area contributed by atoms with Gasteiger partial charge in [-0.15, -0.1) is 0 Å². The van der Waals surface area contributed by atoms with Gasteiger partial charge in [0, 0.05) is 29.7 Å². The summed E-state index contributed by atoms with van der Waals surface area (Å²) >= 11 is 3.38. The summed E-state index contributed by atoms with van der Waals surface area (Å²) in [6.45, 7) is 5.23. The van der Waals surface area contributed by atoms with E-state index in [4.69, 9.17) is 0 Å². The van der Waals surface area contributed by atoms with Gasteiger partial charge in [0.15, 0.2) is 0 Å². The summed E-state index contributed by atoms with van der Waals surface area (Å²) < 4.78 is 29.2. The topological polar surface area (TPSA) is 130 Å². The van der Waals surface area contributed by atoms with E-state index < -0.39 is 33.4 Å². The summed E-state index contributed by atoms with van der Waals surface area (Å²) in [5, 5.41) is 14.3. The number of nitrogens with zero attached hydrogens (tertiary/aromatic N) is 3. The molecule has 3 rings (SSSR count). The van der Waals surface area contributed by atoms with Gasteiger partial charge in [-0.05, 0) is 48.7 Å². The maximum Gasteiger partial charge on any atom is 0.271 e. The van der Waals surface area contributed by atoms with E-state index in [1.54, 1.807) is 49.4 Å². The Morgan fingerprint density at radius 3 is 2.23 bits per heavy atom. The van der Waals surface area contributed by atoms with E-state index in [0.717, 1.165) is 20.4 Å². The molecule has 0 heterocycles. The monoisotopic (exact) mass is 630 g/mol. The number of nitrogens with one attached hydrogen (secondary N) is 1. The fraction of sp³-hybridized carbons (Fsp3) is 0.286. The molecular weight excluding hydrogens is 600 g/mol. The zero-order valence-electron chi connectivity index (χ0n) is 22.4. The lowest BCUT2D eigenvalue weighted by Crippen LogP contribution is -2.51. The molecule has 0 unspecified atom stereocenters. The minimum atomic E-state index is -4.31. The van der Waals surface area contributed by atoms with Crippen LogP contribution in [-0.4, -0.2) is 49.2 Å². The van der Waals surface area contributed by atoms with E-state index in [1.165, 1.54) is 35.2 Å². The summed E-state index contributed by atoms with van der Waals surface area (Å²) in [5.41, 5.74) is 0.353. The second kappa shape index (κ2) is 13.5. The Labute approximate surface area is 242 Å². The molecule has 0 aliphatic heterocycles. The molecule has 3 aromatic carbocycles. The summed E-state index contributed by atoms with van der Waals surface area (Å²) in [7, 11) is -4.31. The number of rotatable bonds is 12. The lowest BCUT2D eigenvalue weighted by molar-refractivity contribution is -0.384. The van der Waals surface area contributed by atoms with Crippen molar-refractivity contribution in [3.8, 4) is 0 Å². The van der Waals surface area contributed by atoms with Crippen molar-refractivity contribution in [2.45, 2.75) is 38.3 Å². The standard InChI is InChI=1S/C28H31BrN4O6S/c1-20(2)17-30-28(35)21(3)31(18-22-12-14-23(29)15-13-22)27(34)19-32(24-8-7-9-25(16-24)33(36)37)40(38,39)26-10-5-4-6-11-26/h4-16,20-21H,17-19H2,1-3H3,(H,30,35)/t21-/m0/s1. The van der Waals surface area contributed by atoms with Gasteiger partial charge in [-0.1, -0.05) is 66.2 Å². The van der Waals surface area contributed by atoms with Crippen LogP contribution in [0.25, 0.3) is 0 Å². The summed E-state index contributed by atoms with van der Waals surface area (Å²) in [4.78, 5) is 38.9. The molecule has 0 bridgehead atoms. The smallest absolute Gasteiger partial charge is 0.271 e. The highest BCUT2D eigenvalue weighted by Crippen LogP contribution is 2.27. The molecule has 0 aromatic heterocycles. The fourth-order valence-electron chi connectivity index (χ4n) is 3.83. The quantitative estimate of drug-likeness (QED) is 0.227. The minimum Gasteiger partial charge on any atom is -0.354 e. The van der Waals surface area contributed by atoms with Gasteiger partial charge in [0.2, 0.25) is 11.8 Å². The van der Waals surface area contributed by atoms with E-state index in [-0.39, 0.29) is 34.6 Å². The molecule has 0 aliphatic carbocycles. The predicted molar refractivity (Wildman–Crippen MR) is 156 cm³/mol. The Kier molecular flexibility index (Phi) is 10.4. The maximum atomic E-state index is 13.9. The number of sulfonamides is 1. The van der Waals surface area contributed by atoms with Gasteiger partial charge in [0.25, 0.3) is 15.7 Å². The summed E-state index contributed by atoms with van der Waals surface area (Å²) in [6.07, 6.45) is 0. The average molecular weight is 632 g/mol. The molecule has 40 heavy (non-hydrogen) atoms. The number of carbonyl (C=O) groups excluding carboxylic acids is 2. The molecule has 2 amide bonds. The minimum absolute atomic E-state index is 0.0382. The number of amides is 2. The SMILES string of the molecule is CC(C)CNC(=O)[C@H](C)N(Cc1ccc(Br)cc1)C(=O)CN(c1cccc([N+](=O)[O-])c1)S(=O)(=O)c1ccccc1. The zero-order chi connectivity index (χ0) is 29.4. The predicted octanol–water partition coefficient (Wildman–Crippen LogP) is 4.74. The van der Waals surface area contributed by atoms with Crippen molar-refractivity contribution in [2.75, 3.05) is 17.4 Å². The van der Waals surface area contributed by atoms with Crippen LogP contribution in [0.15, 0.2) is 88.2 Å². The van der Waals surface area contributed by atoms with Crippen LogP contribution in [-0.2, 0) is 26.2 Å². The van der Waals surface area contributed by atoms with Crippen molar-refractivity contribution in [1.29, 1.82) is 0 Å². The van der Waals surface area contributed by atoms with Crippen molar-refractivity contribution < 1.29 is 22.9 Å². The Morgan fingerprint density at radius 2 is 1.62 bits per heavy atom. The van der Waals surface area contributed by atoms with Gasteiger partial charge >= 0.3 is 0 Å². The van der Waals surface area contributed by atoms with E-state index in [0.29, 0.717) is 6.54 Å². The van der Waals surface area contributed by atoms with Gasteiger partial charge in [-0.3, -0.25) is 24.0 Å². The third-order valence-electron chi connectivity index (χ3n) is 6.06. The molecule has 10 nitrogen and oxygen atoms in total. The maximum absolute atomic E-state index is 13.9. The molecule has 0 spiro atoms. The van der Waals surface area contributed by atoms with Crippen molar-refractivity contribution >= 4 is 49.1 Å². The average Bonchev–Trinajstić information content (AvgIpc) is 2.94. The van der Waals surface area contributed by atoms with Crippen LogP contribution in [0.2, 0.25) is 0 Å². The van der Waals surface area contributed by atoms with Gasteiger partial charge < -0.3 is 10.2 Å². The number of anilines is 1. The highest BCUT2D eigenvalue weighted by molar-refractivity contribution is 9.10. The first-order chi connectivity index (χ1) is 18.9. The number of nitro benzene ring substituents is 1. The molecule has 0 saturated carbocycles. The summed E-state index contributed by atoms with van der Waals surface area (Å²) in [5.74, 6) is -0.847. The van der Waals surface area contributed by atoms with Crippen molar-refractivity contribution in [3.05, 3.63) is 99.0 Å². The third kappa shape index (κ3) is 7.89. The normalized spacial score (nSPS) is 12.0. The van der Waals surface area contributed by atoms with Crippen molar-refractivity contribution in [3.63, 3.8) is 0 Å². The van der Waals surface area contributed by atoms with Crippen LogP contribution in [0.1, 0.15) is 26.3 Å². The third-order valence-corrected chi connectivity index (χ3v) is 8.37. The van der Waals surface area contributed by atoms with Crippen molar-refractivity contribution in [2.24, 2.45) is 5.92 Å². The molecule has 0 aliphatic rings. The Morgan fingerprint density at radius 1 is 0.975 bits per heavy atom.